The highest BCUT2D eigenvalue weighted by molar-refractivity contribution is 6.08. The van der Waals surface area contributed by atoms with Crippen LogP contribution in [0.5, 0.6) is 0 Å². The predicted molar refractivity (Wildman–Crippen MR) is 101 cm³/mol. The van der Waals surface area contributed by atoms with Gasteiger partial charge < -0.3 is 0 Å². The molecule has 3 radical (unpaired) electrons. The SMILES string of the molecule is Cc1ccc(CCC2CCC(C3CCC(C[Si])CC3)CC2)cc1F. The maximum Gasteiger partial charge on any atom is 0.126 e. The molecule has 2 heteroatoms. The molecule has 0 aliphatic heterocycles. The summed E-state index contributed by atoms with van der Waals surface area (Å²) in [6, 6.07) is 6.96. The van der Waals surface area contributed by atoms with Gasteiger partial charge in [0.05, 0.1) is 0 Å². The summed E-state index contributed by atoms with van der Waals surface area (Å²) in [7, 11) is 3.70. The average Bonchev–Trinajstić information content (AvgIpc) is 2.63. The zero-order valence-electron chi connectivity index (χ0n) is 15.2. The third-order valence-corrected chi connectivity index (χ3v) is 7.39. The summed E-state index contributed by atoms with van der Waals surface area (Å²) >= 11 is 0. The van der Waals surface area contributed by atoms with Crippen LogP contribution in [0.4, 0.5) is 4.39 Å². The van der Waals surface area contributed by atoms with E-state index >= 15 is 0 Å². The van der Waals surface area contributed by atoms with E-state index in [1.54, 1.807) is 6.07 Å². The molecule has 2 saturated carbocycles. The summed E-state index contributed by atoms with van der Waals surface area (Å²) in [5, 5.41) is 0. The van der Waals surface area contributed by atoms with E-state index in [4.69, 9.17) is 0 Å². The van der Waals surface area contributed by atoms with E-state index in [2.05, 4.69) is 16.3 Å². The van der Waals surface area contributed by atoms with Crippen molar-refractivity contribution in [2.75, 3.05) is 0 Å². The third kappa shape index (κ3) is 4.71. The van der Waals surface area contributed by atoms with E-state index in [1.807, 2.05) is 13.0 Å². The molecule has 0 nitrogen and oxygen atoms in total. The molecule has 2 aliphatic carbocycles. The summed E-state index contributed by atoms with van der Waals surface area (Å²) < 4.78 is 13.7. The van der Waals surface area contributed by atoms with Crippen molar-refractivity contribution in [3.8, 4) is 0 Å². The van der Waals surface area contributed by atoms with Crippen LogP contribution in [0.15, 0.2) is 18.2 Å². The topological polar surface area (TPSA) is 0 Å². The zero-order chi connectivity index (χ0) is 16.9. The van der Waals surface area contributed by atoms with Crippen LogP contribution in [0.3, 0.4) is 0 Å². The number of rotatable bonds is 5. The Balaban J connectivity index is 1.40. The maximum absolute atomic E-state index is 13.7. The van der Waals surface area contributed by atoms with Crippen LogP contribution in [-0.2, 0) is 6.42 Å². The second-order valence-electron chi connectivity index (χ2n) is 8.39. The van der Waals surface area contributed by atoms with Gasteiger partial charge in [-0.1, -0.05) is 43.9 Å². The molecule has 0 heterocycles. The molecular formula is C22H32FSi. The molecule has 0 aromatic heterocycles. The van der Waals surface area contributed by atoms with Gasteiger partial charge in [0.15, 0.2) is 0 Å². The maximum atomic E-state index is 13.7. The Kier molecular flexibility index (Phi) is 6.54. The molecule has 1 aromatic rings. The minimum absolute atomic E-state index is 0.0462. The lowest BCUT2D eigenvalue weighted by atomic mass is 9.69. The van der Waals surface area contributed by atoms with E-state index in [0.717, 1.165) is 35.7 Å². The van der Waals surface area contributed by atoms with Crippen LogP contribution >= 0.6 is 0 Å². The third-order valence-electron chi connectivity index (χ3n) is 6.82. The van der Waals surface area contributed by atoms with E-state index in [9.17, 15) is 4.39 Å². The Hall–Kier alpha value is -0.633. The van der Waals surface area contributed by atoms with Crippen molar-refractivity contribution < 1.29 is 4.39 Å². The first-order valence-corrected chi connectivity index (χ1v) is 10.8. The van der Waals surface area contributed by atoms with Crippen molar-refractivity contribution in [2.45, 2.75) is 77.2 Å². The van der Waals surface area contributed by atoms with Crippen molar-refractivity contribution in [3.05, 3.63) is 35.1 Å². The molecule has 1 aromatic carbocycles. The van der Waals surface area contributed by atoms with Gasteiger partial charge in [0, 0.05) is 10.2 Å². The van der Waals surface area contributed by atoms with Crippen molar-refractivity contribution in [3.63, 3.8) is 0 Å². The van der Waals surface area contributed by atoms with Crippen molar-refractivity contribution in [1.82, 2.24) is 0 Å². The second kappa shape index (κ2) is 8.65. The Morgan fingerprint density at radius 2 is 1.50 bits per heavy atom. The molecule has 0 unspecified atom stereocenters. The lowest BCUT2D eigenvalue weighted by molar-refractivity contribution is 0.148. The highest BCUT2D eigenvalue weighted by Crippen LogP contribution is 2.42. The lowest BCUT2D eigenvalue weighted by Crippen LogP contribution is -2.26. The van der Waals surface area contributed by atoms with Crippen LogP contribution in [0.2, 0.25) is 6.04 Å². The lowest BCUT2D eigenvalue weighted by Gasteiger charge is -2.37. The summed E-state index contributed by atoms with van der Waals surface area (Å²) in [6.07, 6.45) is 13.8. The monoisotopic (exact) mass is 343 g/mol. The molecule has 0 spiro atoms. The van der Waals surface area contributed by atoms with Crippen molar-refractivity contribution in [2.24, 2.45) is 23.7 Å². The van der Waals surface area contributed by atoms with Gasteiger partial charge >= 0.3 is 0 Å². The summed E-state index contributed by atoms with van der Waals surface area (Å²) in [5.41, 5.74) is 1.93. The van der Waals surface area contributed by atoms with Gasteiger partial charge in [-0.25, -0.2) is 4.39 Å². The van der Waals surface area contributed by atoms with Crippen LogP contribution in [0.25, 0.3) is 0 Å². The zero-order valence-corrected chi connectivity index (χ0v) is 16.2. The van der Waals surface area contributed by atoms with Crippen LogP contribution in [0.1, 0.15) is 68.9 Å². The molecule has 24 heavy (non-hydrogen) atoms. The number of hydrogen-bond donors (Lipinski definition) is 0. The van der Waals surface area contributed by atoms with Gasteiger partial charge in [0.25, 0.3) is 0 Å². The van der Waals surface area contributed by atoms with E-state index < -0.39 is 0 Å². The molecule has 2 fully saturated rings. The Morgan fingerprint density at radius 1 is 0.917 bits per heavy atom. The summed E-state index contributed by atoms with van der Waals surface area (Å²) in [5.74, 6) is 3.75. The van der Waals surface area contributed by atoms with E-state index in [0.29, 0.717) is 0 Å². The highest BCUT2D eigenvalue weighted by atomic mass is 28.1. The van der Waals surface area contributed by atoms with Crippen LogP contribution < -0.4 is 0 Å². The summed E-state index contributed by atoms with van der Waals surface area (Å²) in [6.45, 7) is 1.84. The minimum Gasteiger partial charge on any atom is -0.207 e. The van der Waals surface area contributed by atoms with Crippen molar-refractivity contribution in [1.29, 1.82) is 0 Å². The number of benzene rings is 1. The fourth-order valence-corrected chi connectivity index (χ4v) is 5.38. The molecule has 0 saturated heterocycles. The second-order valence-corrected chi connectivity index (χ2v) is 8.80. The first kappa shape index (κ1) is 18.2. The minimum atomic E-state index is -0.0462. The van der Waals surface area contributed by atoms with Crippen molar-refractivity contribution >= 4 is 10.2 Å². The van der Waals surface area contributed by atoms with Gasteiger partial charge in [-0.3, -0.25) is 0 Å². The Labute approximate surface area is 151 Å². The number of aryl methyl sites for hydroxylation is 2. The highest BCUT2D eigenvalue weighted by Gasteiger charge is 2.30. The first-order valence-electron chi connectivity index (χ1n) is 10.0. The quantitative estimate of drug-likeness (QED) is 0.553. The molecule has 3 rings (SSSR count). The van der Waals surface area contributed by atoms with Gasteiger partial charge in [-0.2, -0.15) is 0 Å². The molecular weight excluding hydrogens is 311 g/mol. The van der Waals surface area contributed by atoms with Crippen LogP contribution in [0, 0.1) is 36.4 Å². The van der Waals surface area contributed by atoms with E-state index in [-0.39, 0.29) is 5.82 Å². The summed E-state index contributed by atoms with van der Waals surface area (Å²) in [4.78, 5) is 0. The molecule has 131 valence electrons. The number of hydrogen-bond acceptors (Lipinski definition) is 0. The Bertz CT molecular complexity index is 511. The molecule has 0 bridgehead atoms. The smallest absolute Gasteiger partial charge is 0.126 e. The molecule has 2 aliphatic rings. The van der Waals surface area contributed by atoms with E-state index in [1.165, 1.54) is 69.4 Å². The predicted octanol–water partition coefficient (Wildman–Crippen LogP) is 6.27. The van der Waals surface area contributed by atoms with Gasteiger partial charge in [-0.15, -0.1) is 0 Å². The number of halogens is 1. The molecule has 0 atom stereocenters. The fourth-order valence-electron chi connectivity index (χ4n) is 4.97. The normalized spacial score (nSPS) is 31.1. The standard InChI is InChI=1S/C22H32FSi/c1-16-2-3-18(14-22(16)23)5-4-17-6-10-20(11-7-17)21-12-8-19(15-24)9-13-21/h2-3,14,17,19-21H,4-13,15H2,1H3. The van der Waals surface area contributed by atoms with Gasteiger partial charge in [0.1, 0.15) is 5.82 Å². The fraction of sp³-hybridized carbons (Fsp3) is 0.727. The van der Waals surface area contributed by atoms with Gasteiger partial charge in [-0.05, 0) is 86.3 Å². The average molecular weight is 344 g/mol. The molecule has 0 amide bonds. The largest absolute Gasteiger partial charge is 0.207 e. The van der Waals surface area contributed by atoms with Gasteiger partial charge in [0.2, 0.25) is 0 Å². The molecule has 0 N–H and O–H groups in total. The van der Waals surface area contributed by atoms with Crippen LogP contribution in [-0.4, -0.2) is 10.2 Å². The Morgan fingerprint density at radius 3 is 2.04 bits per heavy atom. The first-order chi connectivity index (χ1) is 11.7.